The molecule has 2 aromatic carbocycles. The number of benzene rings is 2. The Morgan fingerprint density at radius 3 is 2.44 bits per heavy atom. The number of β-amino-alcohol motifs (C(OH)–C–C–N with tert-alkyl or cyclic N) is 1. The SMILES string of the molecule is COc1cc(C(C)=O)ccc1OCC(O)CN1CCC(C(=O)c2ccc3c(c2)OCCO3)CC1. The zero-order valence-corrected chi connectivity index (χ0v) is 19.6. The fourth-order valence-corrected chi connectivity index (χ4v) is 4.35. The van der Waals surface area contributed by atoms with Gasteiger partial charge in [-0.3, -0.25) is 9.59 Å². The van der Waals surface area contributed by atoms with Crippen molar-refractivity contribution in [2.24, 2.45) is 5.92 Å². The number of piperidine rings is 1. The summed E-state index contributed by atoms with van der Waals surface area (Å²) in [6.45, 7) is 4.53. The van der Waals surface area contributed by atoms with Crippen LogP contribution in [0.1, 0.15) is 40.5 Å². The summed E-state index contributed by atoms with van der Waals surface area (Å²) in [5, 5.41) is 10.5. The van der Waals surface area contributed by atoms with E-state index in [9.17, 15) is 14.7 Å². The first-order valence-electron chi connectivity index (χ1n) is 11.6. The van der Waals surface area contributed by atoms with E-state index in [4.69, 9.17) is 18.9 Å². The van der Waals surface area contributed by atoms with E-state index in [1.54, 1.807) is 36.4 Å². The largest absolute Gasteiger partial charge is 0.493 e. The highest BCUT2D eigenvalue weighted by Crippen LogP contribution is 2.33. The molecule has 8 nitrogen and oxygen atoms in total. The number of likely N-dealkylation sites (tertiary alicyclic amines) is 1. The van der Waals surface area contributed by atoms with Crippen LogP contribution in [0.2, 0.25) is 0 Å². The molecule has 34 heavy (non-hydrogen) atoms. The summed E-state index contributed by atoms with van der Waals surface area (Å²) < 4.78 is 22.2. The number of hydrogen-bond acceptors (Lipinski definition) is 8. The Bertz CT molecular complexity index is 1030. The van der Waals surface area contributed by atoms with Gasteiger partial charge in [-0.2, -0.15) is 0 Å². The fraction of sp³-hybridized carbons (Fsp3) is 0.462. The number of nitrogens with zero attached hydrogens (tertiary/aromatic N) is 1. The molecule has 1 N–H and O–H groups in total. The minimum Gasteiger partial charge on any atom is -0.493 e. The van der Waals surface area contributed by atoms with Crippen LogP contribution in [0.5, 0.6) is 23.0 Å². The van der Waals surface area contributed by atoms with E-state index in [2.05, 4.69) is 4.90 Å². The van der Waals surface area contributed by atoms with Gasteiger partial charge in [-0.05, 0) is 69.3 Å². The Kier molecular flexibility index (Phi) is 7.70. The van der Waals surface area contributed by atoms with Crippen molar-refractivity contribution in [2.75, 3.05) is 46.6 Å². The second-order valence-corrected chi connectivity index (χ2v) is 8.68. The van der Waals surface area contributed by atoms with Crippen molar-refractivity contribution in [1.82, 2.24) is 4.90 Å². The van der Waals surface area contributed by atoms with Gasteiger partial charge in [-0.1, -0.05) is 0 Å². The molecule has 0 saturated carbocycles. The van der Waals surface area contributed by atoms with Crippen LogP contribution in [0.4, 0.5) is 0 Å². The first kappa shape index (κ1) is 24.0. The molecule has 2 aliphatic rings. The number of aliphatic hydroxyl groups is 1. The molecule has 2 aliphatic heterocycles. The lowest BCUT2D eigenvalue weighted by Crippen LogP contribution is -2.42. The fourth-order valence-electron chi connectivity index (χ4n) is 4.35. The minimum atomic E-state index is -0.692. The van der Waals surface area contributed by atoms with Crippen LogP contribution in [0, 0.1) is 5.92 Å². The summed E-state index contributed by atoms with van der Waals surface area (Å²) in [5.74, 6) is 2.28. The Labute approximate surface area is 199 Å². The number of fused-ring (bicyclic) bond motifs is 1. The zero-order valence-electron chi connectivity index (χ0n) is 19.6. The highest BCUT2D eigenvalue weighted by molar-refractivity contribution is 5.98. The minimum absolute atomic E-state index is 0.0451. The molecule has 1 atom stereocenters. The highest BCUT2D eigenvalue weighted by Gasteiger charge is 2.28. The normalized spacial score (nSPS) is 17.1. The second-order valence-electron chi connectivity index (χ2n) is 8.68. The molecular formula is C26H31NO7. The molecule has 8 heteroatoms. The summed E-state index contributed by atoms with van der Waals surface area (Å²) in [4.78, 5) is 26.7. The lowest BCUT2D eigenvalue weighted by Gasteiger charge is -2.32. The van der Waals surface area contributed by atoms with Crippen LogP contribution in [-0.2, 0) is 0 Å². The van der Waals surface area contributed by atoms with Crippen molar-refractivity contribution < 1.29 is 33.6 Å². The van der Waals surface area contributed by atoms with Gasteiger partial charge < -0.3 is 29.0 Å². The maximum atomic E-state index is 13.0. The molecule has 0 radical (unpaired) electrons. The third kappa shape index (κ3) is 5.69. The van der Waals surface area contributed by atoms with Crippen molar-refractivity contribution in [1.29, 1.82) is 0 Å². The van der Waals surface area contributed by atoms with E-state index < -0.39 is 6.10 Å². The van der Waals surface area contributed by atoms with Crippen LogP contribution < -0.4 is 18.9 Å². The van der Waals surface area contributed by atoms with E-state index in [-0.39, 0.29) is 24.1 Å². The van der Waals surface area contributed by atoms with Gasteiger partial charge in [0.1, 0.15) is 25.9 Å². The molecule has 1 fully saturated rings. The van der Waals surface area contributed by atoms with E-state index in [1.165, 1.54) is 14.0 Å². The number of aliphatic hydroxyl groups excluding tert-OH is 1. The van der Waals surface area contributed by atoms with Crippen molar-refractivity contribution in [3.8, 4) is 23.0 Å². The van der Waals surface area contributed by atoms with E-state index >= 15 is 0 Å². The predicted molar refractivity (Wildman–Crippen MR) is 125 cm³/mol. The molecule has 0 amide bonds. The second kappa shape index (κ2) is 10.9. The number of ketones is 2. The molecule has 4 rings (SSSR count). The number of rotatable bonds is 9. The summed E-state index contributed by atoms with van der Waals surface area (Å²) in [5.41, 5.74) is 1.19. The molecule has 0 bridgehead atoms. The van der Waals surface area contributed by atoms with Crippen LogP contribution >= 0.6 is 0 Å². The van der Waals surface area contributed by atoms with Gasteiger partial charge in [-0.25, -0.2) is 0 Å². The average Bonchev–Trinajstić information content (AvgIpc) is 2.87. The van der Waals surface area contributed by atoms with Crippen LogP contribution in [-0.4, -0.2) is 74.2 Å². The molecule has 2 heterocycles. The van der Waals surface area contributed by atoms with E-state index in [0.717, 1.165) is 25.9 Å². The maximum absolute atomic E-state index is 13.0. The summed E-state index contributed by atoms with van der Waals surface area (Å²) in [7, 11) is 1.51. The molecule has 0 aliphatic carbocycles. The van der Waals surface area contributed by atoms with Crippen LogP contribution in [0.15, 0.2) is 36.4 Å². The molecular weight excluding hydrogens is 438 g/mol. The quantitative estimate of drug-likeness (QED) is 0.560. The number of carbonyl (C=O) groups excluding carboxylic acids is 2. The van der Waals surface area contributed by atoms with Gasteiger partial charge >= 0.3 is 0 Å². The topological polar surface area (TPSA) is 94.5 Å². The predicted octanol–water partition coefficient (Wildman–Crippen LogP) is 3.00. The third-order valence-electron chi connectivity index (χ3n) is 6.26. The van der Waals surface area contributed by atoms with Gasteiger partial charge in [0.05, 0.1) is 7.11 Å². The van der Waals surface area contributed by atoms with Gasteiger partial charge in [0.25, 0.3) is 0 Å². The summed E-state index contributed by atoms with van der Waals surface area (Å²) >= 11 is 0. The smallest absolute Gasteiger partial charge is 0.166 e. The van der Waals surface area contributed by atoms with Crippen LogP contribution in [0.3, 0.4) is 0 Å². The number of Topliss-reactive ketones (excluding diaryl/α,β-unsaturated/α-hetero) is 2. The maximum Gasteiger partial charge on any atom is 0.166 e. The lowest BCUT2D eigenvalue weighted by molar-refractivity contribution is 0.0517. The van der Waals surface area contributed by atoms with Crippen LogP contribution in [0.25, 0.3) is 0 Å². The van der Waals surface area contributed by atoms with Gasteiger partial charge in [0.2, 0.25) is 0 Å². The first-order chi connectivity index (χ1) is 16.4. The van der Waals surface area contributed by atoms with Crippen molar-refractivity contribution in [3.63, 3.8) is 0 Å². The molecule has 182 valence electrons. The lowest BCUT2D eigenvalue weighted by atomic mass is 9.88. The van der Waals surface area contributed by atoms with Crippen molar-refractivity contribution in [2.45, 2.75) is 25.9 Å². The number of methoxy groups -OCH3 is 1. The molecule has 1 saturated heterocycles. The van der Waals surface area contributed by atoms with E-state index in [1.807, 2.05) is 0 Å². The first-order valence-corrected chi connectivity index (χ1v) is 11.6. The summed E-state index contributed by atoms with van der Waals surface area (Å²) in [6.07, 6.45) is 0.782. The Morgan fingerprint density at radius 1 is 1.03 bits per heavy atom. The highest BCUT2D eigenvalue weighted by atomic mass is 16.6. The standard InChI is InChI=1S/C26H31NO7/c1-17(28)19-3-5-22(24(13-19)31-2)34-16-21(29)15-27-9-7-18(8-10-27)26(30)20-4-6-23-25(14-20)33-12-11-32-23/h3-6,13-14,18,21,29H,7-12,15-16H2,1-2H3. The Hall–Kier alpha value is -3.10. The number of ether oxygens (including phenoxy) is 4. The Morgan fingerprint density at radius 2 is 1.74 bits per heavy atom. The van der Waals surface area contributed by atoms with Gasteiger partial charge in [-0.15, -0.1) is 0 Å². The van der Waals surface area contributed by atoms with Gasteiger partial charge in [0, 0.05) is 23.6 Å². The third-order valence-corrected chi connectivity index (χ3v) is 6.26. The number of carbonyl (C=O) groups is 2. The zero-order chi connectivity index (χ0) is 24.1. The molecule has 1 unspecified atom stereocenters. The average molecular weight is 470 g/mol. The molecule has 0 aromatic heterocycles. The molecule has 2 aromatic rings. The van der Waals surface area contributed by atoms with Crippen molar-refractivity contribution >= 4 is 11.6 Å². The summed E-state index contributed by atoms with van der Waals surface area (Å²) in [6, 6.07) is 10.4. The van der Waals surface area contributed by atoms with Crippen molar-refractivity contribution in [3.05, 3.63) is 47.5 Å². The molecule has 0 spiro atoms. The monoisotopic (exact) mass is 469 g/mol. The number of hydrogen-bond donors (Lipinski definition) is 1. The Balaban J connectivity index is 1.25. The van der Waals surface area contributed by atoms with E-state index in [0.29, 0.717) is 53.9 Å². The van der Waals surface area contributed by atoms with Gasteiger partial charge in [0.15, 0.2) is 34.6 Å².